The summed E-state index contributed by atoms with van der Waals surface area (Å²) >= 11 is 0. The standard InChI is InChI=1S/C13H12N2O/c16-13-11-5-2-1-4-10(11)6-7-12(13)15-9-3-8-14-15/h1-5,8-9,12H,6-7H2/t12-/m0/s1. The van der Waals surface area contributed by atoms with E-state index in [0.717, 1.165) is 24.0 Å². The fraction of sp³-hybridized carbons (Fsp3) is 0.231. The van der Waals surface area contributed by atoms with Crippen LogP contribution in [-0.2, 0) is 6.42 Å². The normalized spacial score (nSPS) is 19.5. The van der Waals surface area contributed by atoms with Gasteiger partial charge in [0, 0.05) is 18.0 Å². The number of aryl methyl sites for hydroxylation is 1. The molecule has 3 nitrogen and oxygen atoms in total. The molecule has 1 aliphatic rings. The molecule has 0 radical (unpaired) electrons. The zero-order valence-electron chi connectivity index (χ0n) is 8.84. The first-order valence-electron chi connectivity index (χ1n) is 5.47. The van der Waals surface area contributed by atoms with Crippen molar-refractivity contribution < 1.29 is 4.79 Å². The van der Waals surface area contributed by atoms with E-state index in [0.29, 0.717) is 0 Å². The monoisotopic (exact) mass is 212 g/mol. The van der Waals surface area contributed by atoms with Gasteiger partial charge < -0.3 is 0 Å². The fourth-order valence-corrected chi connectivity index (χ4v) is 2.30. The minimum absolute atomic E-state index is 0.120. The smallest absolute Gasteiger partial charge is 0.187 e. The Kier molecular flexibility index (Phi) is 2.10. The molecule has 3 heteroatoms. The van der Waals surface area contributed by atoms with E-state index in [4.69, 9.17) is 0 Å². The molecule has 0 amide bonds. The van der Waals surface area contributed by atoms with Crippen LogP contribution in [0, 0.1) is 0 Å². The van der Waals surface area contributed by atoms with Crippen LogP contribution in [0.4, 0.5) is 0 Å². The van der Waals surface area contributed by atoms with E-state index in [-0.39, 0.29) is 11.8 Å². The Balaban J connectivity index is 2.01. The number of benzene rings is 1. The fourth-order valence-electron chi connectivity index (χ4n) is 2.30. The minimum atomic E-state index is -0.120. The first kappa shape index (κ1) is 9.33. The maximum Gasteiger partial charge on any atom is 0.187 e. The Bertz CT molecular complexity index is 516. The van der Waals surface area contributed by atoms with Gasteiger partial charge in [-0.15, -0.1) is 0 Å². The Morgan fingerprint density at radius 1 is 1.25 bits per heavy atom. The van der Waals surface area contributed by atoms with Crippen LogP contribution in [0.5, 0.6) is 0 Å². The molecule has 1 atom stereocenters. The van der Waals surface area contributed by atoms with Gasteiger partial charge in [0.2, 0.25) is 0 Å². The van der Waals surface area contributed by atoms with Crippen molar-refractivity contribution in [1.29, 1.82) is 0 Å². The predicted octanol–water partition coefficient (Wildman–Crippen LogP) is 2.25. The van der Waals surface area contributed by atoms with Crippen LogP contribution in [0.15, 0.2) is 42.7 Å². The molecule has 16 heavy (non-hydrogen) atoms. The lowest BCUT2D eigenvalue weighted by molar-refractivity contribution is 0.0900. The lowest BCUT2D eigenvalue weighted by atomic mass is 9.87. The maximum absolute atomic E-state index is 12.3. The lowest BCUT2D eigenvalue weighted by Crippen LogP contribution is -2.26. The largest absolute Gasteiger partial charge is 0.292 e. The second kappa shape index (κ2) is 3.59. The molecule has 2 aromatic rings. The van der Waals surface area contributed by atoms with E-state index in [1.165, 1.54) is 0 Å². The van der Waals surface area contributed by atoms with E-state index in [2.05, 4.69) is 5.10 Å². The number of carbonyl (C=O) groups excluding carboxylic acids is 1. The number of hydrogen-bond donors (Lipinski definition) is 0. The van der Waals surface area contributed by atoms with Gasteiger partial charge in [0.1, 0.15) is 6.04 Å². The van der Waals surface area contributed by atoms with Crippen LogP contribution in [0.3, 0.4) is 0 Å². The number of ketones is 1. The van der Waals surface area contributed by atoms with Gasteiger partial charge in [-0.05, 0) is 24.5 Å². The summed E-state index contributed by atoms with van der Waals surface area (Å²) < 4.78 is 1.76. The molecule has 3 rings (SSSR count). The third-order valence-corrected chi connectivity index (χ3v) is 3.12. The first-order valence-corrected chi connectivity index (χ1v) is 5.47. The third-order valence-electron chi connectivity index (χ3n) is 3.12. The van der Waals surface area contributed by atoms with Gasteiger partial charge in [0.15, 0.2) is 5.78 Å². The summed E-state index contributed by atoms with van der Waals surface area (Å²) in [6.45, 7) is 0. The van der Waals surface area contributed by atoms with Crippen molar-refractivity contribution in [3.63, 3.8) is 0 Å². The van der Waals surface area contributed by atoms with Gasteiger partial charge in [-0.3, -0.25) is 9.48 Å². The first-order chi connectivity index (χ1) is 7.86. The number of rotatable bonds is 1. The second-order valence-electron chi connectivity index (χ2n) is 4.06. The topological polar surface area (TPSA) is 34.9 Å². The molecular weight excluding hydrogens is 200 g/mol. The molecule has 80 valence electrons. The Morgan fingerprint density at radius 3 is 2.94 bits per heavy atom. The second-order valence-corrected chi connectivity index (χ2v) is 4.06. The summed E-state index contributed by atoms with van der Waals surface area (Å²) in [7, 11) is 0. The van der Waals surface area contributed by atoms with Crippen LogP contribution < -0.4 is 0 Å². The van der Waals surface area contributed by atoms with Crippen molar-refractivity contribution in [3.05, 3.63) is 53.9 Å². The molecule has 0 fully saturated rings. The van der Waals surface area contributed by atoms with Crippen LogP contribution >= 0.6 is 0 Å². The predicted molar refractivity (Wildman–Crippen MR) is 60.4 cm³/mol. The van der Waals surface area contributed by atoms with Crippen molar-refractivity contribution in [2.75, 3.05) is 0 Å². The Hall–Kier alpha value is -1.90. The highest BCUT2D eigenvalue weighted by molar-refractivity contribution is 6.01. The van der Waals surface area contributed by atoms with Gasteiger partial charge in [0.05, 0.1) is 0 Å². The van der Waals surface area contributed by atoms with E-state index >= 15 is 0 Å². The van der Waals surface area contributed by atoms with E-state index in [1.54, 1.807) is 10.9 Å². The summed E-state index contributed by atoms with van der Waals surface area (Å²) in [6.07, 6.45) is 5.37. The third kappa shape index (κ3) is 1.36. The van der Waals surface area contributed by atoms with Crippen LogP contribution in [0.2, 0.25) is 0 Å². The number of hydrogen-bond acceptors (Lipinski definition) is 2. The highest BCUT2D eigenvalue weighted by Crippen LogP contribution is 2.27. The molecule has 0 spiro atoms. The van der Waals surface area contributed by atoms with E-state index in [1.807, 2.05) is 36.5 Å². The van der Waals surface area contributed by atoms with Gasteiger partial charge in [-0.2, -0.15) is 5.10 Å². The summed E-state index contributed by atoms with van der Waals surface area (Å²) in [4.78, 5) is 12.3. The molecule has 0 N–H and O–H groups in total. The molecule has 1 aromatic carbocycles. The summed E-state index contributed by atoms with van der Waals surface area (Å²) in [5.41, 5.74) is 2.02. The lowest BCUT2D eigenvalue weighted by Gasteiger charge is -2.23. The number of fused-ring (bicyclic) bond motifs is 1. The molecule has 1 aromatic heterocycles. The number of carbonyl (C=O) groups is 1. The SMILES string of the molecule is O=C1c2ccccc2CC[C@@H]1n1cccn1. The minimum Gasteiger partial charge on any atom is -0.292 e. The maximum atomic E-state index is 12.3. The van der Waals surface area contributed by atoms with Gasteiger partial charge >= 0.3 is 0 Å². The van der Waals surface area contributed by atoms with Crippen molar-refractivity contribution in [3.8, 4) is 0 Å². The zero-order valence-corrected chi connectivity index (χ0v) is 8.84. The van der Waals surface area contributed by atoms with Crippen molar-refractivity contribution >= 4 is 5.78 Å². The molecule has 1 heterocycles. The molecule has 1 aliphatic carbocycles. The molecule has 0 aliphatic heterocycles. The summed E-state index contributed by atoms with van der Waals surface area (Å²) in [5.74, 6) is 0.186. The number of Topliss-reactive ketones (excluding diaryl/α,β-unsaturated/α-hetero) is 1. The van der Waals surface area contributed by atoms with Gasteiger partial charge in [-0.25, -0.2) is 0 Å². The molecule has 0 saturated carbocycles. The summed E-state index contributed by atoms with van der Waals surface area (Å²) in [5, 5.41) is 4.16. The molecular formula is C13H12N2O. The van der Waals surface area contributed by atoms with Crippen molar-refractivity contribution in [2.45, 2.75) is 18.9 Å². The quantitative estimate of drug-likeness (QED) is 0.726. The van der Waals surface area contributed by atoms with Gasteiger partial charge in [-0.1, -0.05) is 24.3 Å². The molecule has 0 saturated heterocycles. The highest BCUT2D eigenvalue weighted by atomic mass is 16.1. The zero-order chi connectivity index (χ0) is 11.0. The number of aromatic nitrogens is 2. The van der Waals surface area contributed by atoms with Gasteiger partial charge in [0.25, 0.3) is 0 Å². The summed E-state index contributed by atoms with van der Waals surface area (Å²) in [6, 6.07) is 9.58. The van der Waals surface area contributed by atoms with Crippen LogP contribution in [0.1, 0.15) is 28.4 Å². The highest BCUT2D eigenvalue weighted by Gasteiger charge is 2.28. The number of nitrogens with zero attached hydrogens (tertiary/aromatic N) is 2. The average molecular weight is 212 g/mol. The van der Waals surface area contributed by atoms with Crippen molar-refractivity contribution in [1.82, 2.24) is 9.78 Å². The molecule has 0 bridgehead atoms. The Labute approximate surface area is 93.7 Å². The van der Waals surface area contributed by atoms with E-state index in [9.17, 15) is 4.79 Å². The Morgan fingerprint density at radius 2 is 2.12 bits per heavy atom. The molecule has 0 unspecified atom stereocenters. The van der Waals surface area contributed by atoms with Crippen LogP contribution in [-0.4, -0.2) is 15.6 Å². The van der Waals surface area contributed by atoms with Crippen molar-refractivity contribution in [2.24, 2.45) is 0 Å². The van der Waals surface area contributed by atoms with E-state index < -0.39 is 0 Å². The van der Waals surface area contributed by atoms with Crippen LogP contribution in [0.25, 0.3) is 0 Å². The average Bonchev–Trinajstić information content (AvgIpc) is 2.83.